The molecule has 0 bridgehead atoms. The molecular formula is C14H15N3O5. The zero-order chi connectivity index (χ0) is 16.3. The topological polar surface area (TPSA) is 115 Å². The van der Waals surface area contributed by atoms with Crippen molar-refractivity contribution in [1.29, 1.82) is 0 Å². The number of carbonyl (C=O) groups is 2. The van der Waals surface area contributed by atoms with Gasteiger partial charge in [0.25, 0.3) is 0 Å². The molecule has 0 fully saturated rings. The maximum absolute atomic E-state index is 11.4. The van der Waals surface area contributed by atoms with Crippen molar-refractivity contribution in [2.45, 2.75) is 26.0 Å². The largest absolute Gasteiger partial charge is 0.487 e. The molecule has 0 aliphatic rings. The second kappa shape index (κ2) is 5.84. The highest BCUT2D eigenvalue weighted by Crippen LogP contribution is 2.21. The number of hydrogen-bond acceptors (Lipinski definition) is 5. The molecule has 0 spiro atoms. The fourth-order valence-electron chi connectivity index (χ4n) is 1.81. The molecule has 2 N–H and O–H groups in total. The average Bonchev–Trinajstić information content (AvgIpc) is 2.90. The smallest absolute Gasteiger partial charge is 0.358 e. The Morgan fingerprint density at radius 3 is 2.41 bits per heavy atom. The second-order valence-corrected chi connectivity index (χ2v) is 5.07. The predicted octanol–water partition coefficient (Wildman–Crippen LogP) is 1.37. The molecule has 0 aliphatic heterocycles. The minimum Gasteiger partial charge on any atom is -0.487 e. The van der Waals surface area contributed by atoms with Crippen LogP contribution in [0.1, 0.15) is 30.0 Å². The van der Waals surface area contributed by atoms with Crippen LogP contribution in [-0.2, 0) is 16.9 Å². The number of hydrogen-bond donors (Lipinski definition) is 2. The quantitative estimate of drug-likeness (QED) is 0.828. The minimum atomic E-state index is -1.45. The summed E-state index contributed by atoms with van der Waals surface area (Å²) in [6, 6.07) is 8.76. The molecule has 22 heavy (non-hydrogen) atoms. The summed E-state index contributed by atoms with van der Waals surface area (Å²) in [4.78, 5) is 22.6. The van der Waals surface area contributed by atoms with E-state index in [1.165, 1.54) is 13.8 Å². The standard InChI is InChI=1S/C14H15N3O5/c1-14(2,13(20)21)17-10(11(12(18)19)15-16-17)8-22-9-6-4-3-5-7-9/h3-7H,8H2,1-2H3,(H,18,19)(H,20,21). The normalized spacial score (nSPS) is 11.2. The summed E-state index contributed by atoms with van der Waals surface area (Å²) in [5, 5.41) is 25.7. The summed E-state index contributed by atoms with van der Waals surface area (Å²) in [7, 11) is 0. The lowest BCUT2D eigenvalue weighted by Gasteiger charge is -2.21. The van der Waals surface area contributed by atoms with Crippen molar-refractivity contribution in [3.05, 3.63) is 41.7 Å². The van der Waals surface area contributed by atoms with Crippen LogP contribution in [0.15, 0.2) is 30.3 Å². The van der Waals surface area contributed by atoms with E-state index in [0.717, 1.165) is 4.68 Å². The lowest BCUT2D eigenvalue weighted by atomic mass is 10.1. The van der Waals surface area contributed by atoms with Gasteiger partial charge in [-0.3, -0.25) is 0 Å². The Kier molecular flexibility index (Phi) is 4.11. The van der Waals surface area contributed by atoms with Gasteiger partial charge in [0, 0.05) is 0 Å². The molecule has 0 saturated carbocycles. The number of para-hydroxylation sites is 1. The van der Waals surface area contributed by atoms with Crippen LogP contribution in [0, 0.1) is 0 Å². The number of ether oxygens (including phenoxy) is 1. The molecule has 0 radical (unpaired) electrons. The Labute approximate surface area is 125 Å². The van der Waals surface area contributed by atoms with E-state index in [2.05, 4.69) is 10.3 Å². The van der Waals surface area contributed by atoms with Crippen LogP contribution in [0.3, 0.4) is 0 Å². The first-order chi connectivity index (χ1) is 10.3. The number of carboxylic acid groups (broad SMARTS) is 2. The van der Waals surface area contributed by atoms with Crippen molar-refractivity contribution in [2.75, 3.05) is 0 Å². The second-order valence-electron chi connectivity index (χ2n) is 5.07. The van der Waals surface area contributed by atoms with Gasteiger partial charge >= 0.3 is 11.9 Å². The van der Waals surface area contributed by atoms with E-state index in [0.29, 0.717) is 5.75 Å². The first-order valence-electron chi connectivity index (χ1n) is 6.43. The summed E-state index contributed by atoms with van der Waals surface area (Å²) in [6.45, 7) is 2.65. The SMILES string of the molecule is CC(C)(C(=O)O)n1nnc(C(=O)O)c1COc1ccccc1. The number of carboxylic acids is 2. The first-order valence-corrected chi connectivity index (χ1v) is 6.43. The van der Waals surface area contributed by atoms with Crippen molar-refractivity contribution >= 4 is 11.9 Å². The molecule has 0 amide bonds. The highest BCUT2D eigenvalue weighted by Gasteiger charge is 2.35. The minimum absolute atomic E-state index is 0.0868. The van der Waals surface area contributed by atoms with E-state index < -0.39 is 17.5 Å². The zero-order valence-corrected chi connectivity index (χ0v) is 12.1. The fraction of sp³-hybridized carbons (Fsp3) is 0.286. The Morgan fingerprint density at radius 1 is 1.23 bits per heavy atom. The van der Waals surface area contributed by atoms with Crippen molar-refractivity contribution in [3.63, 3.8) is 0 Å². The van der Waals surface area contributed by atoms with E-state index >= 15 is 0 Å². The van der Waals surface area contributed by atoms with Crippen LogP contribution in [0.2, 0.25) is 0 Å². The van der Waals surface area contributed by atoms with E-state index in [1.54, 1.807) is 24.3 Å². The number of nitrogens with zero attached hydrogens (tertiary/aromatic N) is 3. The zero-order valence-electron chi connectivity index (χ0n) is 12.1. The molecule has 8 nitrogen and oxygen atoms in total. The van der Waals surface area contributed by atoms with Gasteiger partial charge in [-0.1, -0.05) is 23.4 Å². The van der Waals surface area contributed by atoms with Crippen LogP contribution in [0.4, 0.5) is 0 Å². The van der Waals surface area contributed by atoms with Crippen LogP contribution in [-0.4, -0.2) is 37.1 Å². The summed E-state index contributed by atoms with van der Waals surface area (Å²) >= 11 is 0. The molecule has 8 heteroatoms. The molecule has 2 aromatic rings. The molecular weight excluding hydrogens is 290 g/mol. The number of aromatic nitrogens is 3. The van der Waals surface area contributed by atoms with Gasteiger partial charge in [0.15, 0.2) is 11.2 Å². The number of rotatable bonds is 6. The van der Waals surface area contributed by atoms with E-state index in [1.807, 2.05) is 6.07 Å². The van der Waals surface area contributed by atoms with Crippen LogP contribution >= 0.6 is 0 Å². The average molecular weight is 305 g/mol. The lowest BCUT2D eigenvalue weighted by Crippen LogP contribution is -2.38. The molecule has 2 rings (SSSR count). The highest BCUT2D eigenvalue weighted by atomic mass is 16.5. The van der Waals surface area contributed by atoms with Crippen LogP contribution in [0.5, 0.6) is 5.75 Å². The predicted molar refractivity (Wildman–Crippen MR) is 74.7 cm³/mol. The number of benzene rings is 1. The van der Waals surface area contributed by atoms with E-state index in [9.17, 15) is 14.7 Å². The van der Waals surface area contributed by atoms with Crippen molar-refractivity contribution in [2.24, 2.45) is 0 Å². The van der Waals surface area contributed by atoms with Gasteiger partial charge in [0.1, 0.15) is 18.1 Å². The maximum atomic E-state index is 11.4. The van der Waals surface area contributed by atoms with Crippen LogP contribution in [0.25, 0.3) is 0 Å². The number of aromatic carboxylic acids is 1. The van der Waals surface area contributed by atoms with Gasteiger partial charge in [-0.05, 0) is 26.0 Å². The monoisotopic (exact) mass is 305 g/mol. The summed E-state index contributed by atoms with van der Waals surface area (Å²) in [5.41, 5.74) is -1.69. The molecule has 1 aromatic carbocycles. The Balaban J connectivity index is 2.37. The highest BCUT2D eigenvalue weighted by molar-refractivity contribution is 5.86. The first kappa shape index (κ1) is 15.5. The van der Waals surface area contributed by atoms with Crippen molar-refractivity contribution in [1.82, 2.24) is 15.0 Å². The molecule has 1 heterocycles. The molecule has 0 aliphatic carbocycles. The molecule has 0 saturated heterocycles. The lowest BCUT2D eigenvalue weighted by molar-refractivity contribution is -0.146. The third kappa shape index (κ3) is 2.90. The fourth-order valence-corrected chi connectivity index (χ4v) is 1.81. The van der Waals surface area contributed by atoms with Crippen molar-refractivity contribution in [3.8, 4) is 5.75 Å². The Bertz CT molecular complexity index is 694. The summed E-state index contributed by atoms with van der Waals surface area (Å²) in [5.74, 6) is -1.92. The summed E-state index contributed by atoms with van der Waals surface area (Å²) < 4.78 is 6.56. The van der Waals surface area contributed by atoms with Gasteiger partial charge < -0.3 is 14.9 Å². The van der Waals surface area contributed by atoms with E-state index in [4.69, 9.17) is 9.84 Å². The van der Waals surface area contributed by atoms with Crippen molar-refractivity contribution < 1.29 is 24.5 Å². The van der Waals surface area contributed by atoms with Gasteiger partial charge in [-0.2, -0.15) is 0 Å². The molecule has 0 atom stereocenters. The summed E-state index contributed by atoms with van der Waals surface area (Å²) in [6.07, 6.45) is 0. The molecule has 0 unspecified atom stereocenters. The van der Waals surface area contributed by atoms with Gasteiger partial charge in [0.05, 0.1) is 0 Å². The van der Waals surface area contributed by atoms with Crippen LogP contribution < -0.4 is 4.74 Å². The molecule has 116 valence electrons. The third-order valence-corrected chi connectivity index (χ3v) is 3.14. The Hall–Kier alpha value is -2.90. The molecule has 1 aromatic heterocycles. The Morgan fingerprint density at radius 2 is 1.86 bits per heavy atom. The van der Waals surface area contributed by atoms with E-state index in [-0.39, 0.29) is 18.0 Å². The van der Waals surface area contributed by atoms with Gasteiger partial charge in [0.2, 0.25) is 0 Å². The van der Waals surface area contributed by atoms with Gasteiger partial charge in [-0.25, -0.2) is 14.3 Å². The number of aliphatic carboxylic acids is 1. The maximum Gasteiger partial charge on any atom is 0.358 e. The third-order valence-electron chi connectivity index (χ3n) is 3.14. The van der Waals surface area contributed by atoms with Gasteiger partial charge in [-0.15, -0.1) is 5.10 Å².